The van der Waals surface area contributed by atoms with Gasteiger partial charge in [-0.3, -0.25) is 4.79 Å². The normalized spacial score (nSPS) is 21.6. The van der Waals surface area contributed by atoms with E-state index >= 15 is 0 Å². The van der Waals surface area contributed by atoms with Crippen molar-refractivity contribution < 1.29 is 13.2 Å². The summed E-state index contributed by atoms with van der Waals surface area (Å²) in [6.07, 6.45) is 0.519. The molecule has 0 bridgehead atoms. The summed E-state index contributed by atoms with van der Waals surface area (Å²) >= 11 is 0. The molecule has 5 heteroatoms. The Morgan fingerprint density at radius 2 is 1.65 bits per heavy atom. The molecular weight excluding hydrogens is 310 g/mol. The van der Waals surface area contributed by atoms with Crippen molar-refractivity contribution in [1.82, 2.24) is 5.32 Å². The summed E-state index contributed by atoms with van der Waals surface area (Å²) in [4.78, 5) is 12.7. The Morgan fingerprint density at radius 3 is 2.09 bits per heavy atom. The van der Waals surface area contributed by atoms with Crippen LogP contribution < -0.4 is 5.32 Å². The SMILES string of the molecule is CC(C)c1ccc(C(C(=O)NC2CCS(=O)(=O)C2)C(C)C)cc1. The molecule has 0 aromatic heterocycles. The maximum Gasteiger partial charge on any atom is 0.228 e. The zero-order chi connectivity index (χ0) is 17.2. The molecule has 1 heterocycles. The Balaban J connectivity index is 2.13. The molecule has 0 saturated carbocycles. The first-order chi connectivity index (χ1) is 10.7. The van der Waals surface area contributed by atoms with Crippen LogP contribution in [-0.2, 0) is 14.6 Å². The highest BCUT2D eigenvalue weighted by Gasteiger charge is 2.32. The molecule has 2 atom stereocenters. The zero-order valence-electron chi connectivity index (χ0n) is 14.4. The molecule has 1 fully saturated rings. The van der Waals surface area contributed by atoms with Gasteiger partial charge >= 0.3 is 0 Å². The van der Waals surface area contributed by atoms with E-state index in [1.165, 1.54) is 5.56 Å². The maximum atomic E-state index is 12.7. The molecular formula is C18H27NO3S. The van der Waals surface area contributed by atoms with Crippen LogP contribution >= 0.6 is 0 Å². The van der Waals surface area contributed by atoms with E-state index in [4.69, 9.17) is 0 Å². The molecule has 0 radical (unpaired) electrons. The Bertz CT molecular complexity index is 647. The first-order valence-corrected chi connectivity index (χ1v) is 10.1. The van der Waals surface area contributed by atoms with E-state index in [2.05, 4.69) is 31.3 Å². The van der Waals surface area contributed by atoms with Crippen LogP contribution in [-0.4, -0.2) is 31.9 Å². The third kappa shape index (κ3) is 4.56. The summed E-state index contributed by atoms with van der Waals surface area (Å²) in [5, 5.41) is 2.93. The molecule has 1 N–H and O–H groups in total. The minimum Gasteiger partial charge on any atom is -0.352 e. The second-order valence-corrected chi connectivity index (χ2v) is 9.38. The lowest BCUT2D eigenvalue weighted by atomic mass is 9.86. The van der Waals surface area contributed by atoms with Crippen LogP contribution in [0, 0.1) is 5.92 Å². The third-order valence-electron chi connectivity index (χ3n) is 4.49. The van der Waals surface area contributed by atoms with Gasteiger partial charge in [-0.05, 0) is 29.4 Å². The minimum absolute atomic E-state index is 0.0653. The number of amides is 1. The first kappa shape index (κ1) is 18.0. The predicted molar refractivity (Wildman–Crippen MR) is 93.3 cm³/mol. The van der Waals surface area contributed by atoms with Crippen molar-refractivity contribution in [3.63, 3.8) is 0 Å². The lowest BCUT2D eigenvalue weighted by Crippen LogP contribution is -2.40. The van der Waals surface area contributed by atoms with Gasteiger partial charge in [0.25, 0.3) is 0 Å². The van der Waals surface area contributed by atoms with Gasteiger partial charge in [-0.2, -0.15) is 0 Å². The Kier molecular flexibility index (Phi) is 5.50. The maximum absolute atomic E-state index is 12.7. The van der Waals surface area contributed by atoms with Crippen molar-refractivity contribution in [2.75, 3.05) is 11.5 Å². The van der Waals surface area contributed by atoms with E-state index in [-0.39, 0.29) is 35.3 Å². The number of hydrogen-bond acceptors (Lipinski definition) is 3. The van der Waals surface area contributed by atoms with Gasteiger partial charge in [-0.15, -0.1) is 0 Å². The van der Waals surface area contributed by atoms with E-state index < -0.39 is 9.84 Å². The topological polar surface area (TPSA) is 63.2 Å². The summed E-state index contributed by atoms with van der Waals surface area (Å²) in [6.45, 7) is 8.32. The first-order valence-electron chi connectivity index (χ1n) is 8.30. The molecule has 4 nitrogen and oxygen atoms in total. The van der Waals surface area contributed by atoms with E-state index in [1.807, 2.05) is 26.0 Å². The van der Waals surface area contributed by atoms with Gasteiger partial charge in [0.2, 0.25) is 5.91 Å². The number of sulfone groups is 1. The Labute approximate surface area is 139 Å². The van der Waals surface area contributed by atoms with E-state index in [0.29, 0.717) is 12.3 Å². The molecule has 0 spiro atoms. The molecule has 1 aliphatic rings. The van der Waals surface area contributed by atoms with Crippen molar-refractivity contribution in [2.45, 2.75) is 52.0 Å². The van der Waals surface area contributed by atoms with Crippen molar-refractivity contribution in [3.8, 4) is 0 Å². The predicted octanol–water partition coefficient (Wildman–Crippen LogP) is 2.85. The number of carbonyl (C=O) groups excluding carboxylic acids is 1. The molecule has 1 aliphatic heterocycles. The number of benzene rings is 1. The average molecular weight is 337 g/mol. The monoisotopic (exact) mass is 337 g/mol. The van der Waals surface area contributed by atoms with Crippen LogP contribution in [0.3, 0.4) is 0 Å². The highest BCUT2D eigenvalue weighted by Crippen LogP contribution is 2.27. The van der Waals surface area contributed by atoms with Crippen LogP contribution in [0.15, 0.2) is 24.3 Å². The van der Waals surface area contributed by atoms with Gasteiger partial charge in [0.05, 0.1) is 17.4 Å². The summed E-state index contributed by atoms with van der Waals surface area (Å²) in [5.41, 5.74) is 2.24. The molecule has 1 aromatic rings. The number of rotatable bonds is 5. The Morgan fingerprint density at radius 1 is 1.09 bits per heavy atom. The number of carbonyl (C=O) groups is 1. The highest BCUT2D eigenvalue weighted by molar-refractivity contribution is 7.91. The lowest BCUT2D eigenvalue weighted by molar-refractivity contribution is -0.124. The van der Waals surface area contributed by atoms with E-state index in [0.717, 1.165) is 5.56 Å². The van der Waals surface area contributed by atoms with Gasteiger partial charge in [0, 0.05) is 6.04 Å². The molecule has 2 rings (SSSR count). The highest BCUT2D eigenvalue weighted by atomic mass is 32.2. The van der Waals surface area contributed by atoms with Crippen LogP contribution in [0.2, 0.25) is 0 Å². The largest absolute Gasteiger partial charge is 0.352 e. The molecule has 128 valence electrons. The molecule has 23 heavy (non-hydrogen) atoms. The van der Waals surface area contributed by atoms with Crippen LogP contribution in [0.5, 0.6) is 0 Å². The molecule has 1 amide bonds. The van der Waals surface area contributed by atoms with Gasteiger partial charge in [-0.1, -0.05) is 52.0 Å². The summed E-state index contributed by atoms with van der Waals surface area (Å²) in [7, 11) is -2.98. The van der Waals surface area contributed by atoms with Crippen LogP contribution in [0.4, 0.5) is 0 Å². The van der Waals surface area contributed by atoms with Crippen molar-refractivity contribution in [3.05, 3.63) is 35.4 Å². The molecule has 0 aliphatic carbocycles. The second kappa shape index (κ2) is 7.04. The van der Waals surface area contributed by atoms with Crippen molar-refractivity contribution >= 4 is 15.7 Å². The van der Waals surface area contributed by atoms with Gasteiger partial charge < -0.3 is 5.32 Å². The average Bonchev–Trinajstić information content (AvgIpc) is 2.78. The van der Waals surface area contributed by atoms with Crippen LogP contribution in [0.25, 0.3) is 0 Å². The fraction of sp³-hybridized carbons (Fsp3) is 0.611. The molecule has 1 saturated heterocycles. The van der Waals surface area contributed by atoms with Crippen molar-refractivity contribution in [2.24, 2.45) is 5.92 Å². The van der Waals surface area contributed by atoms with Crippen molar-refractivity contribution in [1.29, 1.82) is 0 Å². The fourth-order valence-electron chi connectivity index (χ4n) is 3.13. The standard InChI is InChI=1S/C18H27NO3S/c1-12(2)14-5-7-15(8-6-14)17(13(3)4)18(20)19-16-9-10-23(21,22)11-16/h5-8,12-13,16-17H,9-11H2,1-4H3,(H,19,20). The van der Waals surface area contributed by atoms with Gasteiger partial charge in [-0.25, -0.2) is 8.42 Å². The van der Waals surface area contributed by atoms with E-state index in [1.54, 1.807) is 0 Å². The fourth-order valence-corrected chi connectivity index (χ4v) is 4.80. The van der Waals surface area contributed by atoms with Gasteiger partial charge in [0.15, 0.2) is 9.84 Å². The zero-order valence-corrected chi connectivity index (χ0v) is 15.2. The van der Waals surface area contributed by atoms with E-state index in [9.17, 15) is 13.2 Å². The Hall–Kier alpha value is -1.36. The molecule has 1 aromatic carbocycles. The second-order valence-electron chi connectivity index (χ2n) is 7.15. The van der Waals surface area contributed by atoms with Gasteiger partial charge in [0.1, 0.15) is 0 Å². The smallest absolute Gasteiger partial charge is 0.228 e. The summed E-state index contributed by atoms with van der Waals surface area (Å²) in [5.74, 6) is 0.527. The number of nitrogens with one attached hydrogen (secondary N) is 1. The third-order valence-corrected chi connectivity index (χ3v) is 6.26. The van der Waals surface area contributed by atoms with Crippen LogP contribution in [0.1, 0.15) is 57.1 Å². The number of hydrogen-bond donors (Lipinski definition) is 1. The summed E-state index contributed by atoms with van der Waals surface area (Å²) in [6, 6.07) is 7.94. The lowest BCUT2D eigenvalue weighted by Gasteiger charge is -2.23. The molecule has 2 unspecified atom stereocenters. The minimum atomic E-state index is -2.98. The summed E-state index contributed by atoms with van der Waals surface area (Å²) < 4.78 is 23.1. The quantitative estimate of drug-likeness (QED) is 0.898.